The Balaban J connectivity index is 2.61. The fraction of sp³-hybridized carbons (Fsp3) is 0.733. The Bertz CT molecular complexity index is 435. The van der Waals surface area contributed by atoms with Crippen LogP contribution in [0.25, 0.3) is 0 Å². The van der Waals surface area contributed by atoms with E-state index in [2.05, 4.69) is 44.9 Å². The molecule has 0 aliphatic carbocycles. The first-order valence-corrected chi connectivity index (χ1v) is 7.99. The van der Waals surface area contributed by atoms with Crippen molar-refractivity contribution in [2.75, 3.05) is 6.54 Å². The van der Waals surface area contributed by atoms with Crippen molar-refractivity contribution in [1.82, 2.24) is 9.88 Å². The van der Waals surface area contributed by atoms with Crippen LogP contribution in [0.1, 0.15) is 58.2 Å². The van der Waals surface area contributed by atoms with Crippen molar-refractivity contribution >= 4 is 17.3 Å². The standard InChI is InChI=1S/C15H26N2O2S/c1-11(2)17(8-6-7-13(18)19)9-12-10-20-14(16-12)15(3,4)5/h10-11H,6-9H2,1-5H3,(H,18,19). The Morgan fingerprint density at radius 1 is 1.45 bits per heavy atom. The summed E-state index contributed by atoms with van der Waals surface area (Å²) in [5, 5.41) is 12.0. The number of carbonyl (C=O) groups is 1. The lowest BCUT2D eigenvalue weighted by Gasteiger charge is -2.25. The number of hydrogen-bond acceptors (Lipinski definition) is 4. The van der Waals surface area contributed by atoms with Crippen LogP contribution in [0.3, 0.4) is 0 Å². The number of carboxylic acid groups (broad SMARTS) is 1. The number of rotatable bonds is 7. The van der Waals surface area contributed by atoms with Gasteiger partial charge in [0.15, 0.2) is 0 Å². The smallest absolute Gasteiger partial charge is 0.303 e. The monoisotopic (exact) mass is 298 g/mol. The third-order valence-corrected chi connectivity index (χ3v) is 4.44. The van der Waals surface area contributed by atoms with Gasteiger partial charge >= 0.3 is 5.97 Å². The molecule has 0 aliphatic heterocycles. The van der Waals surface area contributed by atoms with E-state index in [1.54, 1.807) is 11.3 Å². The van der Waals surface area contributed by atoms with Gasteiger partial charge in [-0.15, -0.1) is 11.3 Å². The van der Waals surface area contributed by atoms with Gasteiger partial charge in [0.2, 0.25) is 0 Å². The van der Waals surface area contributed by atoms with E-state index < -0.39 is 5.97 Å². The quantitative estimate of drug-likeness (QED) is 0.837. The highest BCUT2D eigenvalue weighted by Gasteiger charge is 2.19. The Hall–Kier alpha value is -0.940. The molecule has 0 aromatic carbocycles. The highest BCUT2D eigenvalue weighted by Crippen LogP contribution is 2.26. The predicted octanol–water partition coefficient (Wildman–Crippen LogP) is 3.52. The van der Waals surface area contributed by atoms with E-state index in [4.69, 9.17) is 10.1 Å². The first kappa shape index (κ1) is 17.1. The second-order valence-corrected chi connectivity index (χ2v) is 7.31. The van der Waals surface area contributed by atoms with Crippen LogP contribution in [-0.2, 0) is 16.8 Å². The Morgan fingerprint density at radius 2 is 2.10 bits per heavy atom. The lowest BCUT2D eigenvalue weighted by Crippen LogP contribution is -2.31. The van der Waals surface area contributed by atoms with Gasteiger partial charge in [-0.3, -0.25) is 9.69 Å². The first-order valence-electron chi connectivity index (χ1n) is 7.11. The average molecular weight is 298 g/mol. The summed E-state index contributed by atoms with van der Waals surface area (Å²) in [7, 11) is 0. The molecule has 1 heterocycles. The number of thiazole rings is 1. The largest absolute Gasteiger partial charge is 0.481 e. The van der Waals surface area contributed by atoms with Crippen molar-refractivity contribution in [3.63, 3.8) is 0 Å². The molecular weight excluding hydrogens is 272 g/mol. The maximum absolute atomic E-state index is 10.6. The van der Waals surface area contributed by atoms with Crippen LogP contribution in [0.15, 0.2) is 5.38 Å². The van der Waals surface area contributed by atoms with Gasteiger partial charge in [-0.05, 0) is 26.8 Å². The Morgan fingerprint density at radius 3 is 2.55 bits per heavy atom. The van der Waals surface area contributed by atoms with Gasteiger partial charge in [0, 0.05) is 29.8 Å². The average Bonchev–Trinajstić information content (AvgIpc) is 2.75. The molecule has 0 amide bonds. The highest BCUT2D eigenvalue weighted by atomic mass is 32.1. The number of hydrogen-bond donors (Lipinski definition) is 1. The fourth-order valence-corrected chi connectivity index (χ4v) is 2.78. The minimum absolute atomic E-state index is 0.0921. The van der Waals surface area contributed by atoms with Crippen LogP contribution < -0.4 is 0 Å². The van der Waals surface area contributed by atoms with Gasteiger partial charge in [-0.25, -0.2) is 4.98 Å². The summed E-state index contributed by atoms with van der Waals surface area (Å²) in [4.78, 5) is 17.6. The van der Waals surface area contributed by atoms with Crippen LogP contribution in [0, 0.1) is 0 Å². The second-order valence-electron chi connectivity index (χ2n) is 6.46. The molecule has 1 aromatic rings. The topological polar surface area (TPSA) is 53.4 Å². The number of aromatic nitrogens is 1. The third kappa shape index (κ3) is 5.59. The van der Waals surface area contributed by atoms with Crippen LogP contribution in [-0.4, -0.2) is 33.5 Å². The van der Waals surface area contributed by atoms with E-state index in [0.717, 1.165) is 23.8 Å². The Kier molecular flexibility index (Phi) is 6.14. The van der Waals surface area contributed by atoms with Gasteiger partial charge in [-0.2, -0.15) is 0 Å². The highest BCUT2D eigenvalue weighted by molar-refractivity contribution is 7.09. The molecule has 0 spiro atoms. The molecule has 0 saturated heterocycles. The van der Waals surface area contributed by atoms with Crippen LogP contribution in [0.2, 0.25) is 0 Å². The molecule has 0 saturated carbocycles. The van der Waals surface area contributed by atoms with Crippen molar-refractivity contribution in [3.8, 4) is 0 Å². The summed E-state index contributed by atoms with van der Waals surface area (Å²) < 4.78 is 0. The molecule has 114 valence electrons. The molecule has 20 heavy (non-hydrogen) atoms. The van der Waals surface area contributed by atoms with Gasteiger partial charge in [0.25, 0.3) is 0 Å². The van der Waals surface area contributed by atoms with E-state index in [1.165, 1.54) is 0 Å². The van der Waals surface area contributed by atoms with Crippen molar-refractivity contribution in [2.24, 2.45) is 0 Å². The van der Waals surface area contributed by atoms with Crippen molar-refractivity contribution in [2.45, 2.75) is 65.5 Å². The minimum atomic E-state index is -0.725. The van der Waals surface area contributed by atoms with E-state index in [9.17, 15) is 4.79 Å². The number of carboxylic acids is 1. The van der Waals surface area contributed by atoms with Crippen molar-refractivity contribution in [3.05, 3.63) is 16.1 Å². The predicted molar refractivity (Wildman–Crippen MR) is 83.2 cm³/mol. The summed E-state index contributed by atoms with van der Waals surface area (Å²) in [5.41, 5.74) is 1.18. The first-order chi connectivity index (χ1) is 9.20. The van der Waals surface area contributed by atoms with E-state index in [1.807, 2.05) is 0 Å². The summed E-state index contributed by atoms with van der Waals surface area (Å²) in [6, 6.07) is 0.392. The lowest BCUT2D eigenvalue weighted by atomic mass is 9.98. The molecule has 0 bridgehead atoms. The summed E-state index contributed by atoms with van der Waals surface area (Å²) in [5.74, 6) is -0.725. The molecule has 4 nitrogen and oxygen atoms in total. The van der Waals surface area contributed by atoms with Crippen molar-refractivity contribution in [1.29, 1.82) is 0 Å². The summed E-state index contributed by atoms with van der Waals surface area (Å²) >= 11 is 1.71. The normalized spacial score (nSPS) is 12.3. The number of nitrogens with zero attached hydrogens (tertiary/aromatic N) is 2. The number of aliphatic carboxylic acids is 1. The SMILES string of the molecule is CC(C)N(CCCC(=O)O)Cc1csc(C(C)(C)C)n1. The molecule has 0 radical (unpaired) electrons. The lowest BCUT2D eigenvalue weighted by molar-refractivity contribution is -0.137. The van der Waals surface area contributed by atoms with Gasteiger partial charge < -0.3 is 5.11 Å². The van der Waals surface area contributed by atoms with E-state index in [-0.39, 0.29) is 11.8 Å². The maximum Gasteiger partial charge on any atom is 0.303 e. The van der Waals surface area contributed by atoms with E-state index >= 15 is 0 Å². The van der Waals surface area contributed by atoms with Crippen LogP contribution in [0.4, 0.5) is 0 Å². The summed E-state index contributed by atoms with van der Waals surface area (Å²) in [6.07, 6.45) is 0.914. The summed E-state index contributed by atoms with van der Waals surface area (Å²) in [6.45, 7) is 12.4. The second kappa shape index (κ2) is 7.18. The molecule has 1 N–H and O–H groups in total. The maximum atomic E-state index is 10.6. The molecule has 0 fully saturated rings. The van der Waals surface area contributed by atoms with Crippen molar-refractivity contribution < 1.29 is 9.90 Å². The van der Waals surface area contributed by atoms with Gasteiger partial charge in [0.05, 0.1) is 10.7 Å². The molecule has 5 heteroatoms. The van der Waals surface area contributed by atoms with Gasteiger partial charge in [0.1, 0.15) is 0 Å². The molecule has 1 aromatic heterocycles. The third-order valence-electron chi connectivity index (χ3n) is 3.12. The molecular formula is C15H26N2O2S. The molecule has 0 unspecified atom stereocenters. The zero-order valence-corrected chi connectivity index (χ0v) is 14.0. The van der Waals surface area contributed by atoms with E-state index in [0.29, 0.717) is 12.5 Å². The molecule has 0 atom stereocenters. The molecule has 0 aliphatic rings. The zero-order valence-electron chi connectivity index (χ0n) is 13.1. The van der Waals surface area contributed by atoms with Gasteiger partial charge in [-0.1, -0.05) is 20.8 Å². The minimum Gasteiger partial charge on any atom is -0.481 e. The molecule has 1 rings (SSSR count). The van der Waals surface area contributed by atoms with Crippen LogP contribution in [0.5, 0.6) is 0 Å². The Labute approximate surface area is 125 Å². The fourth-order valence-electron chi connectivity index (χ4n) is 1.89. The zero-order chi connectivity index (χ0) is 15.3. The van der Waals surface area contributed by atoms with Crippen LogP contribution >= 0.6 is 11.3 Å².